The maximum Gasteiger partial charge on any atom is 0.267 e. The molecule has 0 fully saturated rings. The maximum absolute atomic E-state index is 11.1. The molecule has 0 spiro atoms. The minimum atomic E-state index is -0.597. The van der Waals surface area contributed by atoms with Crippen molar-refractivity contribution in [3.05, 3.63) is 65.9 Å². The Morgan fingerprint density at radius 1 is 1.03 bits per heavy atom. The lowest BCUT2D eigenvalue weighted by atomic mass is 9.97. The fourth-order valence-electron chi connectivity index (χ4n) is 3.06. The molecular weight excluding hydrogens is 372 g/mol. The van der Waals surface area contributed by atoms with E-state index < -0.39 is 5.91 Å². The highest BCUT2D eigenvalue weighted by Crippen LogP contribution is 2.40. The molecule has 3 rings (SSSR count). The number of rotatable bonds is 7. The number of H-pyrrole nitrogens is 1. The van der Waals surface area contributed by atoms with Gasteiger partial charge in [-0.2, -0.15) is 0 Å². The van der Waals surface area contributed by atoms with Crippen LogP contribution in [0.3, 0.4) is 0 Å². The number of nitrogens with one attached hydrogen (secondary N) is 2. The zero-order valence-electron chi connectivity index (χ0n) is 16.4. The fraction of sp³-hybridized carbons (Fsp3) is 0.136. The molecule has 7 nitrogen and oxygen atoms in total. The Bertz CT molecular complexity index is 1070. The van der Waals surface area contributed by atoms with E-state index in [0.717, 1.165) is 33.3 Å². The molecular formula is C22H22N2O5. The van der Waals surface area contributed by atoms with Gasteiger partial charge in [0.2, 0.25) is 5.75 Å². The van der Waals surface area contributed by atoms with Crippen LogP contribution in [0.1, 0.15) is 16.8 Å². The van der Waals surface area contributed by atoms with E-state index in [1.54, 1.807) is 32.9 Å². The average Bonchev–Trinajstić information content (AvgIpc) is 3.17. The number of ether oxygens (including phenoxy) is 3. The third-order valence-electron chi connectivity index (χ3n) is 4.53. The molecule has 0 aliphatic rings. The molecule has 0 unspecified atom stereocenters. The normalized spacial score (nSPS) is 10.9. The van der Waals surface area contributed by atoms with Gasteiger partial charge >= 0.3 is 0 Å². The van der Waals surface area contributed by atoms with Crippen LogP contribution in [-0.2, 0) is 4.79 Å². The first-order chi connectivity index (χ1) is 14.0. The van der Waals surface area contributed by atoms with Crippen LogP contribution in [-0.4, -0.2) is 37.4 Å². The van der Waals surface area contributed by atoms with Crippen molar-refractivity contribution in [1.29, 1.82) is 0 Å². The fourth-order valence-corrected chi connectivity index (χ4v) is 3.06. The number of carbonyl (C=O) groups is 1. The summed E-state index contributed by atoms with van der Waals surface area (Å²) in [5.41, 5.74) is 5.77. The van der Waals surface area contributed by atoms with Crippen molar-refractivity contribution in [2.75, 3.05) is 21.3 Å². The highest BCUT2D eigenvalue weighted by atomic mass is 16.5. The van der Waals surface area contributed by atoms with Gasteiger partial charge in [0.25, 0.3) is 5.91 Å². The Hall–Kier alpha value is -3.71. The highest BCUT2D eigenvalue weighted by molar-refractivity contribution is 5.93. The lowest BCUT2D eigenvalue weighted by Gasteiger charge is -2.15. The van der Waals surface area contributed by atoms with Crippen molar-refractivity contribution in [3.8, 4) is 17.2 Å². The molecule has 0 atom stereocenters. The summed E-state index contributed by atoms with van der Waals surface area (Å²) in [5.74, 6) is 1.04. The summed E-state index contributed by atoms with van der Waals surface area (Å²) in [4.78, 5) is 14.3. The number of hydroxylamine groups is 1. The van der Waals surface area contributed by atoms with Crippen LogP contribution in [0.2, 0.25) is 0 Å². The zero-order valence-corrected chi connectivity index (χ0v) is 16.4. The van der Waals surface area contributed by atoms with Crippen LogP contribution < -0.4 is 19.7 Å². The number of aromatic amines is 1. The molecule has 1 amide bonds. The standard InChI is InChI=1S/C22H22N2O5/c1-13(15-11-19(27-2)22(29-4)20(12-15)28-3)14-5-7-18-16(9-14)10-17(23-18)6-8-21(25)24-26/h5-12,23,26H,1H2,2-4H3,(H,24,25)/b8-6+. The summed E-state index contributed by atoms with van der Waals surface area (Å²) < 4.78 is 16.2. The largest absolute Gasteiger partial charge is 0.493 e. The van der Waals surface area contributed by atoms with Crippen LogP contribution in [0.15, 0.2) is 49.1 Å². The summed E-state index contributed by atoms with van der Waals surface area (Å²) in [6.07, 6.45) is 2.82. The first kappa shape index (κ1) is 20.0. The molecule has 1 aromatic heterocycles. The number of methoxy groups -OCH3 is 3. The first-order valence-electron chi connectivity index (χ1n) is 8.75. The van der Waals surface area contributed by atoms with E-state index in [2.05, 4.69) is 11.6 Å². The Morgan fingerprint density at radius 2 is 1.72 bits per heavy atom. The Morgan fingerprint density at radius 3 is 2.31 bits per heavy atom. The van der Waals surface area contributed by atoms with E-state index in [1.165, 1.54) is 6.08 Å². The predicted octanol–water partition coefficient (Wildman–Crippen LogP) is 3.77. The number of benzene rings is 2. The van der Waals surface area contributed by atoms with E-state index >= 15 is 0 Å². The SMILES string of the molecule is C=C(c1cc(OC)c(OC)c(OC)c1)c1ccc2[nH]c(/C=C/C(=O)NO)cc2c1. The van der Waals surface area contributed by atoms with Crippen LogP contribution >= 0.6 is 0 Å². The van der Waals surface area contributed by atoms with Gasteiger partial charge in [0, 0.05) is 22.7 Å². The quantitative estimate of drug-likeness (QED) is 0.322. The maximum atomic E-state index is 11.1. The lowest BCUT2D eigenvalue weighted by Crippen LogP contribution is -2.14. The molecule has 3 aromatic rings. The van der Waals surface area contributed by atoms with E-state index in [4.69, 9.17) is 19.4 Å². The Labute approximate surface area is 168 Å². The summed E-state index contributed by atoms with van der Waals surface area (Å²) in [6, 6.07) is 11.5. The smallest absolute Gasteiger partial charge is 0.267 e. The van der Waals surface area contributed by atoms with Gasteiger partial charge in [-0.3, -0.25) is 10.0 Å². The van der Waals surface area contributed by atoms with Gasteiger partial charge in [-0.25, -0.2) is 5.48 Å². The van der Waals surface area contributed by atoms with Crippen LogP contribution in [0.5, 0.6) is 17.2 Å². The molecule has 0 aliphatic heterocycles. The molecule has 150 valence electrons. The van der Waals surface area contributed by atoms with Crippen molar-refractivity contribution in [2.45, 2.75) is 0 Å². The first-order valence-corrected chi connectivity index (χ1v) is 8.75. The molecule has 0 radical (unpaired) electrons. The van der Waals surface area contributed by atoms with Crippen LogP contribution in [0.4, 0.5) is 0 Å². The summed E-state index contributed by atoms with van der Waals surface area (Å²) >= 11 is 0. The number of fused-ring (bicyclic) bond motifs is 1. The van der Waals surface area contributed by atoms with Crippen molar-refractivity contribution >= 4 is 28.5 Å². The predicted molar refractivity (Wildman–Crippen MR) is 111 cm³/mol. The molecule has 0 saturated carbocycles. The minimum absolute atomic E-state index is 0.524. The summed E-state index contributed by atoms with van der Waals surface area (Å²) in [7, 11) is 4.70. The molecule has 0 bridgehead atoms. The Balaban J connectivity index is 1.97. The minimum Gasteiger partial charge on any atom is -0.493 e. The number of carbonyl (C=O) groups excluding carboxylic acids is 1. The lowest BCUT2D eigenvalue weighted by molar-refractivity contribution is -0.124. The van der Waals surface area contributed by atoms with Crippen molar-refractivity contribution in [1.82, 2.24) is 10.5 Å². The second-order valence-corrected chi connectivity index (χ2v) is 6.23. The van der Waals surface area contributed by atoms with E-state index in [-0.39, 0.29) is 0 Å². The van der Waals surface area contributed by atoms with Gasteiger partial charge in [0.05, 0.1) is 21.3 Å². The molecule has 29 heavy (non-hydrogen) atoms. The van der Waals surface area contributed by atoms with Gasteiger partial charge in [0.15, 0.2) is 11.5 Å². The number of amides is 1. The average molecular weight is 394 g/mol. The Kier molecular flexibility index (Phi) is 5.90. The molecule has 1 heterocycles. The van der Waals surface area contributed by atoms with Gasteiger partial charge < -0.3 is 19.2 Å². The number of aromatic nitrogens is 1. The molecule has 7 heteroatoms. The van der Waals surface area contributed by atoms with Gasteiger partial charge in [-0.15, -0.1) is 0 Å². The molecule has 0 saturated heterocycles. The van der Waals surface area contributed by atoms with E-state index in [0.29, 0.717) is 17.2 Å². The monoisotopic (exact) mass is 394 g/mol. The van der Waals surface area contributed by atoms with Crippen LogP contribution in [0.25, 0.3) is 22.6 Å². The number of hydrogen-bond acceptors (Lipinski definition) is 5. The van der Waals surface area contributed by atoms with Gasteiger partial charge in [-0.05, 0) is 53.1 Å². The topological polar surface area (TPSA) is 92.8 Å². The van der Waals surface area contributed by atoms with Crippen molar-refractivity contribution in [3.63, 3.8) is 0 Å². The van der Waals surface area contributed by atoms with Gasteiger partial charge in [-0.1, -0.05) is 12.6 Å². The second-order valence-electron chi connectivity index (χ2n) is 6.23. The zero-order chi connectivity index (χ0) is 21.0. The van der Waals surface area contributed by atoms with Gasteiger partial charge in [0.1, 0.15) is 0 Å². The number of hydrogen-bond donors (Lipinski definition) is 3. The summed E-state index contributed by atoms with van der Waals surface area (Å²) in [5, 5.41) is 9.53. The van der Waals surface area contributed by atoms with Crippen molar-refractivity contribution < 1.29 is 24.2 Å². The third kappa shape index (κ3) is 4.09. The van der Waals surface area contributed by atoms with Crippen LogP contribution in [0, 0.1) is 0 Å². The molecule has 3 N–H and O–H groups in total. The van der Waals surface area contributed by atoms with Crippen molar-refractivity contribution in [2.24, 2.45) is 0 Å². The van der Waals surface area contributed by atoms with E-state index in [9.17, 15) is 4.79 Å². The summed E-state index contributed by atoms with van der Waals surface area (Å²) in [6.45, 7) is 4.23. The second kappa shape index (κ2) is 8.53. The molecule has 2 aromatic carbocycles. The van der Waals surface area contributed by atoms with E-state index in [1.807, 2.05) is 36.4 Å². The third-order valence-corrected chi connectivity index (χ3v) is 4.53. The molecule has 0 aliphatic carbocycles. The highest BCUT2D eigenvalue weighted by Gasteiger charge is 2.15.